The summed E-state index contributed by atoms with van der Waals surface area (Å²) in [7, 11) is 0. The van der Waals surface area contributed by atoms with Gasteiger partial charge in [-0.2, -0.15) is 0 Å². The Hall–Kier alpha value is -2.83. The van der Waals surface area contributed by atoms with Crippen molar-refractivity contribution in [3.63, 3.8) is 0 Å². The van der Waals surface area contributed by atoms with Crippen molar-refractivity contribution in [2.24, 2.45) is 5.92 Å². The number of thiophene rings is 1. The number of aryl methyl sites for hydroxylation is 2. The molecule has 5 nitrogen and oxygen atoms in total. The Bertz CT molecular complexity index is 1240. The van der Waals surface area contributed by atoms with Crippen LogP contribution in [0.2, 0.25) is 5.02 Å². The van der Waals surface area contributed by atoms with E-state index < -0.39 is 0 Å². The molecule has 0 saturated carbocycles. The summed E-state index contributed by atoms with van der Waals surface area (Å²) >= 11 is 7.90. The summed E-state index contributed by atoms with van der Waals surface area (Å²) in [6.45, 7) is 9.70. The first kappa shape index (κ1) is 27.2. The third-order valence-electron chi connectivity index (χ3n) is 7.09. The van der Waals surface area contributed by atoms with Crippen LogP contribution >= 0.6 is 22.9 Å². The highest BCUT2D eigenvalue weighted by molar-refractivity contribution is 7.10. The molecule has 0 fully saturated rings. The highest BCUT2D eigenvalue weighted by Crippen LogP contribution is 2.34. The minimum Gasteiger partial charge on any atom is -0.491 e. The van der Waals surface area contributed by atoms with E-state index in [9.17, 15) is 9.59 Å². The number of nitrogens with zero attached hydrogens (tertiary/aromatic N) is 2. The number of benzene rings is 2. The van der Waals surface area contributed by atoms with E-state index in [1.54, 1.807) is 16.2 Å². The van der Waals surface area contributed by atoms with Crippen molar-refractivity contribution in [1.29, 1.82) is 0 Å². The summed E-state index contributed by atoms with van der Waals surface area (Å²) in [4.78, 5) is 32.1. The number of carbonyl (C=O) groups is 2. The van der Waals surface area contributed by atoms with E-state index in [-0.39, 0.29) is 24.4 Å². The van der Waals surface area contributed by atoms with E-state index in [4.69, 9.17) is 16.3 Å². The Balaban J connectivity index is 1.54. The van der Waals surface area contributed by atoms with Gasteiger partial charge >= 0.3 is 0 Å². The lowest BCUT2D eigenvalue weighted by atomic mass is 10.00. The molecule has 37 heavy (non-hydrogen) atoms. The van der Waals surface area contributed by atoms with Gasteiger partial charge in [0.1, 0.15) is 18.9 Å². The van der Waals surface area contributed by atoms with Gasteiger partial charge in [0.15, 0.2) is 0 Å². The normalized spacial score (nSPS) is 15.7. The summed E-state index contributed by atoms with van der Waals surface area (Å²) in [6, 6.07) is 15.0. The quantitative estimate of drug-likeness (QED) is 0.304. The molecule has 196 valence electrons. The van der Waals surface area contributed by atoms with Crippen LogP contribution in [0.4, 0.5) is 0 Å². The van der Waals surface area contributed by atoms with Crippen LogP contribution in [-0.2, 0) is 11.2 Å². The number of ether oxygens (including phenoxy) is 1. The molecule has 0 aliphatic carbocycles. The molecule has 2 amide bonds. The predicted molar refractivity (Wildman–Crippen MR) is 151 cm³/mol. The summed E-state index contributed by atoms with van der Waals surface area (Å²) in [5.74, 6) is 0.858. The maximum Gasteiger partial charge on any atom is 0.254 e. The van der Waals surface area contributed by atoms with Crippen molar-refractivity contribution >= 4 is 34.8 Å². The molecule has 2 heterocycles. The molecule has 0 N–H and O–H groups in total. The maximum atomic E-state index is 13.8. The van der Waals surface area contributed by atoms with Crippen LogP contribution in [0.3, 0.4) is 0 Å². The first-order chi connectivity index (χ1) is 17.8. The van der Waals surface area contributed by atoms with Crippen LogP contribution in [0, 0.1) is 19.8 Å². The molecule has 0 spiro atoms. The van der Waals surface area contributed by atoms with E-state index >= 15 is 0 Å². The maximum absolute atomic E-state index is 13.8. The molecule has 1 aromatic heterocycles. The van der Waals surface area contributed by atoms with Crippen molar-refractivity contribution in [3.8, 4) is 5.75 Å². The van der Waals surface area contributed by atoms with Crippen LogP contribution in [0.25, 0.3) is 0 Å². The lowest BCUT2D eigenvalue weighted by molar-refractivity contribution is -0.135. The number of fused-ring (bicyclic) bond motifs is 1. The van der Waals surface area contributed by atoms with Crippen molar-refractivity contribution in [1.82, 2.24) is 9.80 Å². The molecule has 0 saturated heterocycles. The van der Waals surface area contributed by atoms with Gasteiger partial charge in [0, 0.05) is 28.6 Å². The van der Waals surface area contributed by atoms with Gasteiger partial charge in [-0.3, -0.25) is 9.59 Å². The number of rotatable bonds is 9. The summed E-state index contributed by atoms with van der Waals surface area (Å²) in [6.07, 6.45) is 1.75. The Labute approximate surface area is 229 Å². The molecule has 3 aromatic rings. The smallest absolute Gasteiger partial charge is 0.254 e. The van der Waals surface area contributed by atoms with Crippen molar-refractivity contribution in [2.75, 3.05) is 26.2 Å². The fourth-order valence-electron chi connectivity index (χ4n) is 4.61. The number of halogens is 1. The van der Waals surface area contributed by atoms with Crippen molar-refractivity contribution in [3.05, 3.63) is 86.1 Å². The van der Waals surface area contributed by atoms with Gasteiger partial charge < -0.3 is 14.5 Å². The van der Waals surface area contributed by atoms with Crippen LogP contribution in [0.15, 0.2) is 53.9 Å². The van der Waals surface area contributed by atoms with Gasteiger partial charge in [0.25, 0.3) is 5.91 Å². The molecule has 2 atom stereocenters. The fraction of sp³-hybridized carbons (Fsp3) is 0.400. The molecule has 0 radical (unpaired) electrons. The Morgan fingerprint density at radius 3 is 2.62 bits per heavy atom. The van der Waals surface area contributed by atoms with Crippen LogP contribution in [0.5, 0.6) is 5.75 Å². The molecular formula is C30H35ClN2O3S. The van der Waals surface area contributed by atoms with E-state index in [1.165, 1.54) is 4.88 Å². The van der Waals surface area contributed by atoms with Crippen molar-refractivity contribution < 1.29 is 14.3 Å². The molecule has 1 aliphatic rings. The second-order valence-electron chi connectivity index (χ2n) is 9.94. The number of hydrogen-bond donors (Lipinski definition) is 0. The molecule has 2 aromatic carbocycles. The van der Waals surface area contributed by atoms with E-state index in [1.807, 2.05) is 61.2 Å². The zero-order valence-corrected chi connectivity index (χ0v) is 23.6. The van der Waals surface area contributed by atoms with E-state index in [0.29, 0.717) is 36.2 Å². The molecule has 0 bridgehead atoms. The second kappa shape index (κ2) is 12.1. The average molecular weight is 539 g/mol. The highest BCUT2D eigenvalue weighted by atomic mass is 35.5. The first-order valence-electron chi connectivity index (χ1n) is 12.9. The molecule has 7 heteroatoms. The largest absolute Gasteiger partial charge is 0.491 e. The molecular weight excluding hydrogens is 504 g/mol. The third kappa shape index (κ3) is 6.55. The SMILES string of the molecule is CC[C@@H](C)CN(CC(=O)N1CCc2sccc2[C@H]1COc1ccc(Cl)c(C)c1)C(=O)c1ccc(C)cc1. The van der Waals surface area contributed by atoms with Crippen LogP contribution in [-0.4, -0.2) is 47.9 Å². The van der Waals surface area contributed by atoms with Gasteiger partial charge in [-0.05, 0) is 79.1 Å². The lowest BCUT2D eigenvalue weighted by Gasteiger charge is -2.37. The zero-order valence-electron chi connectivity index (χ0n) is 22.0. The first-order valence-corrected chi connectivity index (χ1v) is 14.1. The minimum atomic E-state index is -0.210. The predicted octanol–water partition coefficient (Wildman–Crippen LogP) is 6.71. The van der Waals surface area contributed by atoms with Gasteiger partial charge in [0.2, 0.25) is 5.91 Å². The van der Waals surface area contributed by atoms with Crippen LogP contribution < -0.4 is 4.74 Å². The van der Waals surface area contributed by atoms with Gasteiger partial charge in [-0.1, -0.05) is 49.6 Å². The number of hydrogen-bond acceptors (Lipinski definition) is 4. The van der Waals surface area contributed by atoms with Crippen molar-refractivity contribution in [2.45, 2.75) is 46.6 Å². The zero-order chi connectivity index (χ0) is 26.5. The van der Waals surface area contributed by atoms with Crippen LogP contribution in [0.1, 0.15) is 58.2 Å². The monoisotopic (exact) mass is 538 g/mol. The standard InChI is InChI=1S/C30H35ClN2O3S/c1-5-20(2)17-32(30(35)23-8-6-21(3)7-9-23)18-29(34)33-14-12-28-25(13-15-37-28)27(33)19-36-24-10-11-26(31)22(4)16-24/h6-11,13,15-16,20,27H,5,12,14,17-19H2,1-4H3/t20-,27-/m1/s1. The van der Waals surface area contributed by atoms with Gasteiger partial charge in [0.05, 0.1) is 6.04 Å². The molecule has 1 aliphatic heterocycles. The molecule has 4 rings (SSSR count). The summed E-state index contributed by atoms with van der Waals surface area (Å²) < 4.78 is 6.17. The van der Waals surface area contributed by atoms with Gasteiger partial charge in [-0.25, -0.2) is 0 Å². The summed E-state index contributed by atoms with van der Waals surface area (Å²) in [5.41, 5.74) is 3.79. The Morgan fingerprint density at radius 2 is 1.92 bits per heavy atom. The lowest BCUT2D eigenvalue weighted by Crippen LogP contribution is -2.48. The fourth-order valence-corrected chi connectivity index (χ4v) is 5.66. The Morgan fingerprint density at radius 1 is 1.16 bits per heavy atom. The second-order valence-corrected chi connectivity index (χ2v) is 11.3. The third-order valence-corrected chi connectivity index (χ3v) is 8.51. The Kier molecular flexibility index (Phi) is 8.93. The van der Waals surface area contributed by atoms with E-state index in [0.717, 1.165) is 35.3 Å². The molecule has 0 unspecified atom stereocenters. The number of carbonyl (C=O) groups excluding carboxylic acids is 2. The summed E-state index contributed by atoms with van der Waals surface area (Å²) in [5, 5.41) is 2.77. The van der Waals surface area contributed by atoms with E-state index in [2.05, 4.69) is 25.3 Å². The highest BCUT2D eigenvalue weighted by Gasteiger charge is 2.34. The number of amides is 2. The minimum absolute atomic E-state index is 0.0487. The topological polar surface area (TPSA) is 49.9 Å². The van der Waals surface area contributed by atoms with Gasteiger partial charge in [-0.15, -0.1) is 11.3 Å². The average Bonchev–Trinajstić information content (AvgIpc) is 3.38.